The Bertz CT molecular complexity index is 687. The van der Waals surface area contributed by atoms with Crippen molar-refractivity contribution in [2.24, 2.45) is 0 Å². The fourth-order valence-corrected chi connectivity index (χ4v) is 2.33. The number of pyridine rings is 1. The first-order chi connectivity index (χ1) is 10.9. The number of hydrogen-bond donors (Lipinski definition) is 0. The molecule has 5 nitrogen and oxygen atoms in total. The molecule has 2 aromatic rings. The number of ether oxygens (including phenoxy) is 1. The molecule has 2 rings (SSSR count). The van der Waals surface area contributed by atoms with Gasteiger partial charge >= 0.3 is 0 Å². The molecule has 23 heavy (non-hydrogen) atoms. The molecular weight excluding hydrogens is 314 g/mol. The molecule has 0 aliphatic rings. The van der Waals surface area contributed by atoms with E-state index in [0.29, 0.717) is 22.9 Å². The fraction of sp³-hybridized carbons (Fsp3) is 0.294. The van der Waals surface area contributed by atoms with Crippen molar-refractivity contribution in [2.75, 3.05) is 33.2 Å². The lowest BCUT2D eigenvalue weighted by Crippen LogP contribution is -2.26. The van der Waals surface area contributed by atoms with Crippen LogP contribution < -0.4 is 9.64 Å². The van der Waals surface area contributed by atoms with Gasteiger partial charge in [-0.1, -0.05) is 17.7 Å². The van der Waals surface area contributed by atoms with E-state index in [9.17, 15) is 4.79 Å². The third-order valence-corrected chi connectivity index (χ3v) is 3.74. The molecule has 1 aromatic carbocycles. The van der Waals surface area contributed by atoms with Gasteiger partial charge in [0.15, 0.2) is 0 Å². The van der Waals surface area contributed by atoms with Gasteiger partial charge in [0.1, 0.15) is 11.6 Å². The summed E-state index contributed by atoms with van der Waals surface area (Å²) in [4.78, 5) is 20.4. The second-order valence-electron chi connectivity index (χ2n) is 5.43. The molecule has 122 valence electrons. The number of aromatic nitrogens is 1. The van der Waals surface area contributed by atoms with E-state index in [-0.39, 0.29) is 5.91 Å². The average molecular weight is 334 g/mol. The van der Waals surface area contributed by atoms with Gasteiger partial charge in [-0.2, -0.15) is 0 Å². The molecule has 0 fully saturated rings. The maximum atomic E-state index is 12.5. The van der Waals surface area contributed by atoms with Crippen LogP contribution in [0.4, 0.5) is 5.82 Å². The van der Waals surface area contributed by atoms with Gasteiger partial charge in [0, 0.05) is 39.4 Å². The Kier molecular flexibility index (Phi) is 5.45. The van der Waals surface area contributed by atoms with Crippen molar-refractivity contribution in [1.82, 2.24) is 9.88 Å². The molecule has 0 unspecified atom stereocenters. The van der Waals surface area contributed by atoms with Crippen LogP contribution in [-0.2, 0) is 6.54 Å². The number of halogens is 1. The topological polar surface area (TPSA) is 45.7 Å². The summed E-state index contributed by atoms with van der Waals surface area (Å²) in [6.45, 7) is 0.477. The Labute approximate surface area is 141 Å². The zero-order valence-corrected chi connectivity index (χ0v) is 14.5. The first-order valence-corrected chi connectivity index (χ1v) is 7.51. The zero-order valence-electron chi connectivity index (χ0n) is 13.7. The van der Waals surface area contributed by atoms with Crippen LogP contribution in [-0.4, -0.2) is 44.0 Å². The standard InChI is InChI=1S/C17H20ClN3O2/c1-20(2)16-8-5-12(10-19-16)11-21(3)17(22)13-6-7-14(18)15(9-13)23-4/h5-10H,11H2,1-4H3. The minimum atomic E-state index is -0.100. The summed E-state index contributed by atoms with van der Waals surface area (Å²) in [6, 6.07) is 8.90. The van der Waals surface area contributed by atoms with Gasteiger partial charge in [-0.05, 0) is 29.8 Å². The monoisotopic (exact) mass is 333 g/mol. The molecule has 0 aliphatic heterocycles. The highest BCUT2D eigenvalue weighted by Crippen LogP contribution is 2.25. The number of carbonyl (C=O) groups excluding carboxylic acids is 1. The van der Waals surface area contributed by atoms with Gasteiger partial charge in [-0.3, -0.25) is 4.79 Å². The summed E-state index contributed by atoms with van der Waals surface area (Å²) in [6.07, 6.45) is 1.78. The zero-order chi connectivity index (χ0) is 17.0. The average Bonchev–Trinajstić information content (AvgIpc) is 2.55. The van der Waals surface area contributed by atoms with Crippen LogP contribution in [0, 0.1) is 0 Å². The maximum absolute atomic E-state index is 12.5. The van der Waals surface area contributed by atoms with Crippen LogP contribution in [0.5, 0.6) is 5.75 Å². The SMILES string of the molecule is COc1cc(C(=O)N(C)Cc2ccc(N(C)C)nc2)ccc1Cl. The van der Waals surface area contributed by atoms with Gasteiger partial charge in [-0.15, -0.1) is 0 Å². The highest BCUT2D eigenvalue weighted by atomic mass is 35.5. The van der Waals surface area contributed by atoms with Crippen LogP contribution >= 0.6 is 11.6 Å². The number of carbonyl (C=O) groups is 1. The minimum absolute atomic E-state index is 0.100. The first-order valence-electron chi connectivity index (χ1n) is 7.13. The number of methoxy groups -OCH3 is 1. The number of rotatable bonds is 5. The van der Waals surface area contributed by atoms with Crippen molar-refractivity contribution in [3.05, 3.63) is 52.7 Å². The van der Waals surface area contributed by atoms with Crippen LogP contribution in [0.15, 0.2) is 36.5 Å². The summed E-state index contributed by atoms with van der Waals surface area (Å²) < 4.78 is 5.15. The van der Waals surface area contributed by atoms with Crippen molar-refractivity contribution < 1.29 is 9.53 Å². The van der Waals surface area contributed by atoms with Crippen molar-refractivity contribution in [3.63, 3.8) is 0 Å². The number of anilines is 1. The molecule has 0 radical (unpaired) electrons. The summed E-state index contributed by atoms with van der Waals surface area (Å²) in [5, 5.41) is 0.482. The quantitative estimate of drug-likeness (QED) is 0.843. The van der Waals surface area contributed by atoms with Crippen LogP contribution in [0.3, 0.4) is 0 Å². The second-order valence-corrected chi connectivity index (χ2v) is 5.84. The molecule has 0 aliphatic carbocycles. The highest BCUT2D eigenvalue weighted by molar-refractivity contribution is 6.32. The Hall–Kier alpha value is -2.27. The maximum Gasteiger partial charge on any atom is 0.254 e. The lowest BCUT2D eigenvalue weighted by molar-refractivity contribution is 0.0784. The Balaban J connectivity index is 2.10. The molecule has 0 atom stereocenters. The van der Waals surface area contributed by atoms with Gasteiger partial charge in [0.2, 0.25) is 0 Å². The van der Waals surface area contributed by atoms with E-state index in [4.69, 9.17) is 16.3 Å². The van der Waals surface area contributed by atoms with Gasteiger partial charge < -0.3 is 14.5 Å². The third-order valence-electron chi connectivity index (χ3n) is 3.43. The van der Waals surface area contributed by atoms with Crippen molar-refractivity contribution in [1.29, 1.82) is 0 Å². The van der Waals surface area contributed by atoms with Crippen molar-refractivity contribution in [2.45, 2.75) is 6.54 Å². The summed E-state index contributed by atoms with van der Waals surface area (Å²) in [5.41, 5.74) is 1.50. The molecule has 0 spiro atoms. The smallest absolute Gasteiger partial charge is 0.254 e. The van der Waals surface area contributed by atoms with Crippen LogP contribution in [0.25, 0.3) is 0 Å². The first kappa shape index (κ1) is 17.1. The molecule has 1 aromatic heterocycles. The van der Waals surface area contributed by atoms with Crippen LogP contribution in [0.1, 0.15) is 15.9 Å². The Morgan fingerprint density at radius 2 is 1.96 bits per heavy atom. The van der Waals surface area contributed by atoms with E-state index in [0.717, 1.165) is 11.4 Å². The lowest BCUT2D eigenvalue weighted by atomic mass is 10.1. The van der Waals surface area contributed by atoms with E-state index in [1.165, 1.54) is 7.11 Å². The lowest BCUT2D eigenvalue weighted by Gasteiger charge is -2.18. The molecular formula is C17H20ClN3O2. The van der Waals surface area contributed by atoms with E-state index in [2.05, 4.69) is 4.98 Å². The largest absolute Gasteiger partial charge is 0.495 e. The normalized spacial score (nSPS) is 10.3. The number of hydrogen-bond acceptors (Lipinski definition) is 4. The predicted molar refractivity (Wildman–Crippen MR) is 92.4 cm³/mol. The van der Waals surface area contributed by atoms with E-state index in [1.54, 1.807) is 36.3 Å². The summed E-state index contributed by atoms with van der Waals surface area (Å²) in [7, 11) is 7.15. The molecule has 0 bridgehead atoms. The molecule has 1 heterocycles. The van der Waals surface area contributed by atoms with Gasteiger partial charge in [-0.25, -0.2) is 4.98 Å². The van der Waals surface area contributed by atoms with Crippen molar-refractivity contribution in [3.8, 4) is 5.75 Å². The number of amides is 1. The second kappa shape index (κ2) is 7.33. The predicted octanol–water partition coefficient (Wildman–Crippen LogP) is 3.08. The third kappa shape index (κ3) is 4.13. The van der Waals surface area contributed by atoms with Gasteiger partial charge in [0.05, 0.1) is 12.1 Å². The Morgan fingerprint density at radius 3 is 2.52 bits per heavy atom. The number of nitrogens with zero attached hydrogens (tertiary/aromatic N) is 3. The van der Waals surface area contributed by atoms with E-state index >= 15 is 0 Å². The summed E-state index contributed by atoms with van der Waals surface area (Å²) >= 11 is 5.99. The van der Waals surface area contributed by atoms with E-state index in [1.807, 2.05) is 31.1 Å². The van der Waals surface area contributed by atoms with Crippen molar-refractivity contribution >= 4 is 23.3 Å². The molecule has 1 amide bonds. The molecule has 6 heteroatoms. The fourth-order valence-electron chi connectivity index (χ4n) is 2.13. The minimum Gasteiger partial charge on any atom is -0.495 e. The van der Waals surface area contributed by atoms with Gasteiger partial charge in [0.25, 0.3) is 5.91 Å². The van der Waals surface area contributed by atoms with E-state index < -0.39 is 0 Å². The number of benzene rings is 1. The molecule has 0 saturated heterocycles. The summed E-state index contributed by atoms with van der Waals surface area (Å²) in [5.74, 6) is 1.27. The molecule has 0 saturated carbocycles. The highest BCUT2D eigenvalue weighted by Gasteiger charge is 2.14. The molecule has 0 N–H and O–H groups in total. The van der Waals surface area contributed by atoms with Crippen LogP contribution in [0.2, 0.25) is 5.02 Å². The Morgan fingerprint density at radius 1 is 1.22 bits per heavy atom.